The number of nitrogens with two attached hydrogens (primary N) is 2. The molecule has 9 heteroatoms. The van der Waals surface area contributed by atoms with Crippen LogP contribution in [0.5, 0.6) is 0 Å². The molecule has 0 aliphatic carbocycles. The normalized spacial score (nSPS) is 11.3. The molecule has 0 fully saturated rings. The third kappa shape index (κ3) is 3.31. The Morgan fingerprint density at radius 1 is 1.48 bits per heavy atom. The Hall–Kier alpha value is -2.13. The summed E-state index contributed by atoms with van der Waals surface area (Å²) in [5.41, 5.74) is 11.7. The van der Waals surface area contributed by atoms with Crippen molar-refractivity contribution >= 4 is 37.8 Å². The maximum absolute atomic E-state index is 11.8. The van der Waals surface area contributed by atoms with Crippen LogP contribution in [0.15, 0.2) is 29.4 Å². The summed E-state index contributed by atoms with van der Waals surface area (Å²) in [5.74, 6) is -0.753. The van der Waals surface area contributed by atoms with Crippen LogP contribution in [0.25, 0.3) is 0 Å². The molecule has 0 aliphatic heterocycles. The fraction of sp³-hybridized carbons (Fsp3) is 0.167. The quantitative estimate of drug-likeness (QED) is 0.747. The molecular weight excluding hydrogens is 312 g/mol. The molecule has 0 radical (unpaired) electrons. The van der Waals surface area contributed by atoms with E-state index in [0.29, 0.717) is 11.5 Å². The highest BCUT2D eigenvalue weighted by molar-refractivity contribution is 7.91. The fourth-order valence-corrected chi connectivity index (χ4v) is 4.20. The highest BCUT2D eigenvalue weighted by Gasteiger charge is 2.25. The van der Waals surface area contributed by atoms with E-state index in [1.54, 1.807) is 18.5 Å². The molecule has 2 aromatic rings. The number of aromatic nitrogens is 1. The van der Waals surface area contributed by atoms with Gasteiger partial charge in [0.05, 0.1) is 5.69 Å². The second kappa shape index (κ2) is 5.70. The summed E-state index contributed by atoms with van der Waals surface area (Å²) in [6.45, 7) is 0.356. The average molecular weight is 326 g/mol. The van der Waals surface area contributed by atoms with Crippen molar-refractivity contribution in [3.05, 3.63) is 35.0 Å². The Morgan fingerprint density at radius 2 is 2.19 bits per heavy atom. The van der Waals surface area contributed by atoms with E-state index in [-0.39, 0.29) is 15.5 Å². The summed E-state index contributed by atoms with van der Waals surface area (Å²) in [4.78, 5) is 15.2. The molecular formula is C12H14N4O3S2. The van der Waals surface area contributed by atoms with Crippen molar-refractivity contribution in [2.45, 2.75) is 11.4 Å². The number of nitrogens with one attached hydrogen (secondary N) is 1. The summed E-state index contributed by atoms with van der Waals surface area (Å²) in [7, 11) is -3.58. The van der Waals surface area contributed by atoms with E-state index < -0.39 is 15.7 Å². The van der Waals surface area contributed by atoms with Gasteiger partial charge < -0.3 is 16.8 Å². The Labute approximate surface area is 125 Å². The Balaban J connectivity index is 2.39. The van der Waals surface area contributed by atoms with Gasteiger partial charge in [0, 0.05) is 25.2 Å². The number of hydrogen-bond acceptors (Lipinski definition) is 7. The van der Waals surface area contributed by atoms with Gasteiger partial charge in [-0.2, -0.15) is 0 Å². The number of pyridine rings is 1. The van der Waals surface area contributed by atoms with E-state index in [4.69, 9.17) is 11.5 Å². The third-order valence-electron chi connectivity index (χ3n) is 2.67. The van der Waals surface area contributed by atoms with E-state index in [0.717, 1.165) is 23.2 Å². The van der Waals surface area contributed by atoms with Crippen molar-refractivity contribution < 1.29 is 13.2 Å². The molecule has 2 rings (SSSR count). The van der Waals surface area contributed by atoms with Gasteiger partial charge in [-0.3, -0.25) is 9.78 Å². The molecule has 21 heavy (non-hydrogen) atoms. The van der Waals surface area contributed by atoms with Gasteiger partial charge in [-0.05, 0) is 11.6 Å². The molecule has 0 saturated heterocycles. The number of nitrogen functional groups attached to an aromatic ring is 1. The summed E-state index contributed by atoms with van der Waals surface area (Å²) in [5, 5.41) is 3.26. The minimum Gasteiger partial charge on any atom is -0.396 e. The molecule has 112 valence electrons. The van der Waals surface area contributed by atoms with Gasteiger partial charge in [0.15, 0.2) is 9.84 Å². The molecule has 2 heterocycles. The van der Waals surface area contributed by atoms with Crippen LogP contribution in [0.3, 0.4) is 0 Å². The van der Waals surface area contributed by atoms with Crippen molar-refractivity contribution in [2.75, 3.05) is 17.3 Å². The number of carbonyl (C=O) groups is 1. The van der Waals surface area contributed by atoms with Crippen LogP contribution in [-0.2, 0) is 16.4 Å². The number of amides is 1. The second-order valence-electron chi connectivity index (χ2n) is 4.35. The lowest BCUT2D eigenvalue weighted by atomic mass is 10.3. The maximum Gasteiger partial charge on any atom is 0.261 e. The van der Waals surface area contributed by atoms with Gasteiger partial charge in [-0.15, -0.1) is 11.3 Å². The van der Waals surface area contributed by atoms with Crippen LogP contribution in [0.4, 0.5) is 10.7 Å². The number of rotatable bonds is 5. The Kier molecular flexibility index (Phi) is 4.14. The molecule has 2 aromatic heterocycles. The Bertz CT molecular complexity index is 769. The number of carbonyl (C=O) groups excluding carboxylic acids is 1. The van der Waals surface area contributed by atoms with Gasteiger partial charge >= 0.3 is 0 Å². The first-order valence-corrected chi connectivity index (χ1v) is 8.56. The van der Waals surface area contributed by atoms with Crippen LogP contribution in [0.2, 0.25) is 0 Å². The van der Waals surface area contributed by atoms with E-state index >= 15 is 0 Å². The largest absolute Gasteiger partial charge is 0.396 e. The van der Waals surface area contributed by atoms with Crippen LogP contribution >= 0.6 is 11.3 Å². The zero-order chi connectivity index (χ0) is 15.6. The lowest BCUT2D eigenvalue weighted by molar-refractivity contribution is 0.100. The van der Waals surface area contributed by atoms with Crippen molar-refractivity contribution in [1.82, 2.24) is 4.98 Å². The average Bonchev–Trinajstić information content (AvgIpc) is 2.74. The number of primary amides is 1. The second-order valence-corrected chi connectivity index (χ2v) is 7.33. The molecule has 0 saturated carbocycles. The first kappa shape index (κ1) is 15.3. The minimum atomic E-state index is -3.58. The summed E-state index contributed by atoms with van der Waals surface area (Å²) in [6.07, 6.45) is 4.32. The van der Waals surface area contributed by atoms with Gasteiger partial charge in [-0.1, -0.05) is 6.07 Å². The number of thiophene rings is 1. The number of nitrogens with zero attached hydrogens (tertiary/aromatic N) is 1. The SMILES string of the molecule is CS(=O)(=O)c1c(NCc2cccnc2)sc(C(N)=O)c1N. The fourth-order valence-electron chi connectivity index (χ4n) is 1.78. The van der Waals surface area contributed by atoms with Gasteiger partial charge in [0.2, 0.25) is 0 Å². The molecule has 0 spiro atoms. The zero-order valence-corrected chi connectivity index (χ0v) is 12.8. The highest BCUT2D eigenvalue weighted by atomic mass is 32.2. The molecule has 7 nitrogen and oxygen atoms in total. The molecule has 5 N–H and O–H groups in total. The summed E-state index contributed by atoms with van der Waals surface area (Å²) < 4.78 is 23.7. The summed E-state index contributed by atoms with van der Waals surface area (Å²) >= 11 is 0.930. The van der Waals surface area contributed by atoms with Crippen LogP contribution in [0.1, 0.15) is 15.2 Å². The van der Waals surface area contributed by atoms with Crippen molar-refractivity contribution in [1.29, 1.82) is 0 Å². The van der Waals surface area contributed by atoms with Gasteiger partial charge in [-0.25, -0.2) is 8.42 Å². The summed E-state index contributed by atoms with van der Waals surface area (Å²) in [6, 6.07) is 3.61. The standard InChI is InChI=1S/C12H14N4O3S2/c1-21(18,19)10-8(13)9(11(14)17)20-12(10)16-6-7-3-2-4-15-5-7/h2-5,16H,6,13H2,1H3,(H2,14,17). The molecule has 0 aromatic carbocycles. The first-order valence-electron chi connectivity index (χ1n) is 5.85. The Morgan fingerprint density at radius 3 is 2.71 bits per heavy atom. The topological polar surface area (TPSA) is 128 Å². The van der Waals surface area contributed by atoms with Gasteiger partial charge in [0.25, 0.3) is 5.91 Å². The van der Waals surface area contributed by atoms with Crippen molar-refractivity contribution in [2.24, 2.45) is 5.73 Å². The van der Waals surface area contributed by atoms with E-state index in [1.807, 2.05) is 6.07 Å². The number of hydrogen-bond donors (Lipinski definition) is 3. The lowest BCUT2D eigenvalue weighted by Gasteiger charge is -2.06. The van der Waals surface area contributed by atoms with Crippen LogP contribution in [0, 0.1) is 0 Å². The highest BCUT2D eigenvalue weighted by Crippen LogP contribution is 2.39. The minimum absolute atomic E-state index is 0.0316. The maximum atomic E-state index is 11.8. The van der Waals surface area contributed by atoms with Crippen LogP contribution in [-0.4, -0.2) is 25.6 Å². The molecule has 1 amide bonds. The molecule has 0 bridgehead atoms. The lowest BCUT2D eigenvalue weighted by Crippen LogP contribution is -2.12. The van der Waals surface area contributed by atoms with E-state index in [2.05, 4.69) is 10.3 Å². The predicted molar refractivity (Wildman–Crippen MR) is 81.9 cm³/mol. The molecule has 0 aliphatic rings. The third-order valence-corrected chi connectivity index (χ3v) is 5.14. The zero-order valence-electron chi connectivity index (χ0n) is 11.2. The molecule has 0 atom stereocenters. The van der Waals surface area contributed by atoms with E-state index in [1.165, 1.54) is 0 Å². The predicted octanol–water partition coefficient (Wildman–Crippen LogP) is 0.840. The molecule has 0 unspecified atom stereocenters. The monoisotopic (exact) mass is 326 g/mol. The van der Waals surface area contributed by atoms with Crippen LogP contribution < -0.4 is 16.8 Å². The number of sulfone groups is 1. The van der Waals surface area contributed by atoms with E-state index in [9.17, 15) is 13.2 Å². The smallest absolute Gasteiger partial charge is 0.261 e. The van der Waals surface area contributed by atoms with Crippen molar-refractivity contribution in [3.8, 4) is 0 Å². The first-order chi connectivity index (χ1) is 9.80. The van der Waals surface area contributed by atoms with Gasteiger partial charge in [0.1, 0.15) is 14.8 Å². The number of anilines is 2. The van der Waals surface area contributed by atoms with Crippen molar-refractivity contribution in [3.63, 3.8) is 0 Å².